The summed E-state index contributed by atoms with van der Waals surface area (Å²) >= 11 is 0. The Morgan fingerprint density at radius 2 is 2.08 bits per heavy atom. The van der Waals surface area contributed by atoms with Gasteiger partial charge in [-0.1, -0.05) is 33.9 Å². The fourth-order valence-electron chi connectivity index (χ4n) is 4.70. The first kappa shape index (κ1) is 18.2. The number of hydrogen-bond acceptors (Lipinski definition) is 5. The van der Waals surface area contributed by atoms with E-state index >= 15 is 0 Å². The molecule has 2 saturated carbocycles. The van der Waals surface area contributed by atoms with Gasteiger partial charge in [0, 0.05) is 29.7 Å². The zero-order valence-electron chi connectivity index (χ0n) is 15.3. The van der Waals surface area contributed by atoms with Crippen LogP contribution in [-0.2, 0) is 19.1 Å². The standard InChI is InChI=1S/C20H28O5/c1-10(2)6-18(22)24-15-8-17(21)20(5)9-16-13(7-14(20)12(15)4)11(3)19(23)25-16/h10,13-17,21H,3-4,6-9H2,1-2,5H3. The topological polar surface area (TPSA) is 72.8 Å². The van der Waals surface area contributed by atoms with Gasteiger partial charge in [-0.25, -0.2) is 4.79 Å². The summed E-state index contributed by atoms with van der Waals surface area (Å²) in [5.74, 6) is -0.438. The van der Waals surface area contributed by atoms with E-state index in [-0.39, 0.29) is 35.8 Å². The Balaban J connectivity index is 1.79. The first-order chi connectivity index (χ1) is 11.6. The van der Waals surface area contributed by atoms with E-state index in [1.807, 2.05) is 20.8 Å². The molecule has 1 aliphatic heterocycles. The largest absolute Gasteiger partial charge is 0.458 e. The number of esters is 2. The van der Waals surface area contributed by atoms with Crippen molar-refractivity contribution >= 4 is 11.9 Å². The number of hydrogen-bond donors (Lipinski definition) is 1. The van der Waals surface area contributed by atoms with Crippen LogP contribution in [0.3, 0.4) is 0 Å². The van der Waals surface area contributed by atoms with Crippen LogP contribution in [0.1, 0.15) is 46.5 Å². The van der Waals surface area contributed by atoms with Gasteiger partial charge in [-0.05, 0) is 30.3 Å². The molecule has 3 aliphatic rings. The fourth-order valence-corrected chi connectivity index (χ4v) is 4.70. The van der Waals surface area contributed by atoms with Gasteiger partial charge < -0.3 is 14.6 Å². The SMILES string of the molecule is C=C1C(=O)OC2CC3(C)C(O)CC(OC(=O)CC(C)C)C(=C)C3CC12. The Morgan fingerprint density at radius 3 is 2.72 bits per heavy atom. The van der Waals surface area contributed by atoms with Gasteiger partial charge in [0.05, 0.1) is 6.10 Å². The molecule has 6 atom stereocenters. The van der Waals surface area contributed by atoms with Crippen LogP contribution in [0.25, 0.3) is 0 Å². The molecule has 1 heterocycles. The summed E-state index contributed by atoms with van der Waals surface area (Å²) in [7, 11) is 0. The molecular formula is C20H28O5. The summed E-state index contributed by atoms with van der Waals surface area (Å²) in [6, 6.07) is 0. The van der Waals surface area contributed by atoms with Crippen LogP contribution in [0.2, 0.25) is 0 Å². The molecule has 0 aromatic rings. The van der Waals surface area contributed by atoms with Crippen molar-refractivity contribution in [1.29, 1.82) is 0 Å². The van der Waals surface area contributed by atoms with Crippen molar-refractivity contribution in [1.82, 2.24) is 0 Å². The molecule has 0 amide bonds. The number of aliphatic hydroxyl groups excluding tert-OH is 1. The van der Waals surface area contributed by atoms with E-state index in [0.29, 0.717) is 31.3 Å². The average molecular weight is 348 g/mol. The second-order valence-electron chi connectivity index (χ2n) is 8.48. The van der Waals surface area contributed by atoms with E-state index in [2.05, 4.69) is 13.2 Å². The molecule has 1 N–H and O–H groups in total. The number of ether oxygens (including phenoxy) is 2. The zero-order chi connectivity index (χ0) is 18.5. The van der Waals surface area contributed by atoms with Gasteiger partial charge in [-0.2, -0.15) is 0 Å². The van der Waals surface area contributed by atoms with Gasteiger partial charge in [0.15, 0.2) is 0 Å². The Kier molecular flexibility index (Phi) is 4.56. The van der Waals surface area contributed by atoms with Crippen molar-refractivity contribution in [3.63, 3.8) is 0 Å². The first-order valence-corrected chi connectivity index (χ1v) is 9.09. The lowest BCUT2D eigenvalue weighted by atomic mass is 9.54. The van der Waals surface area contributed by atoms with Gasteiger partial charge >= 0.3 is 11.9 Å². The van der Waals surface area contributed by atoms with Gasteiger partial charge in [0.1, 0.15) is 12.2 Å². The maximum Gasteiger partial charge on any atom is 0.334 e. The van der Waals surface area contributed by atoms with E-state index in [9.17, 15) is 14.7 Å². The molecular weight excluding hydrogens is 320 g/mol. The third-order valence-electron chi connectivity index (χ3n) is 6.25. The van der Waals surface area contributed by atoms with Crippen molar-refractivity contribution in [2.24, 2.45) is 23.2 Å². The Hall–Kier alpha value is -1.62. The molecule has 5 heteroatoms. The number of carbonyl (C=O) groups is 2. The van der Waals surface area contributed by atoms with Crippen LogP contribution in [-0.4, -0.2) is 35.4 Å². The van der Waals surface area contributed by atoms with E-state index in [0.717, 1.165) is 5.57 Å². The molecule has 0 spiro atoms. The number of fused-ring (bicyclic) bond motifs is 2. The predicted octanol–water partition coefficient (Wildman–Crippen LogP) is 2.78. The minimum absolute atomic E-state index is 0.0272. The summed E-state index contributed by atoms with van der Waals surface area (Å²) in [6.45, 7) is 14.0. The Bertz CT molecular complexity index is 622. The third kappa shape index (κ3) is 3.03. The second-order valence-corrected chi connectivity index (χ2v) is 8.48. The predicted molar refractivity (Wildman–Crippen MR) is 92.4 cm³/mol. The van der Waals surface area contributed by atoms with Crippen LogP contribution in [0, 0.1) is 23.2 Å². The number of rotatable bonds is 3. The van der Waals surface area contributed by atoms with Crippen LogP contribution in [0.5, 0.6) is 0 Å². The first-order valence-electron chi connectivity index (χ1n) is 9.09. The lowest BCUT2D eigenvalue weighted by Crippen LogP contribution is -2.54. The minimum Gasteiger partial charge on any atom is -0.458 e. The molecule has 25 heavy (non-hydrogen) atoms. The normalized spacial score (nSPS) is 40.5. The number of carbonyl (C=O) groups excluding carboxylic acids is 2. The highest BCUT2D eigenvalue weighted by molar-refractivity contribution is 5.90. The highest BCUT2D eigenvalue weighted by Crippen LogP contribution is 2.57. The van der Waals surface area contributed by atoms with Crippen LogP contribution >= 0.6 is 0 Å². The van der Waals surface area contributed by atoms with E-state index in [1.165, 1.54) is 0 Å². The third-order valence-corrected chi connectivity index (χ3v) is 6.25. The summed E-state index contributed by atoms with van der Waals surface area (Å²) in [6.07, 6.45) is 0.618. The highest BCUT2D eigenvalue weighted by atomic mass is 16.6. The van der Waals surface area contributed by atoms with Crippen LogP contribution < -0.4 is 0 Å². The lowest BCUT2D eigenvalue weighted by Gasteiger charge is -2.53. The summed E-state index contributed by atoms with van der Waals surface area (Å²) < 4.78 is 11.1. The zero-order valence-corrected chi connectivity index (χ0v) is 15.3. The van der Waals surface area contributed by atoms with E-state index < -0.39 is 17.6 Å². The molecule has 0 aromatic carbocycles. The van der Waals surface area contributed by atoms with Gasteiger partial charge in [-0.15, -0.1) is 0 Å². The molecule has 0 bridgehead atoms. The number of aliphatic hydroxyl groups is 1. The smallest absolute Gasteiger partial charge is 0.334 e. The van der Waals surface area contributed by atoms with Crippen molar-refractivity contribution in [2.45, 2.75) is 64.8 Å². The van der Waals surface area contributed by atoms with E-state index in [4.69, 9.17) is 9.47 Å². The van der Waals surface area contributed by atoms with Crippen LogP contribution in [0.15, 0.2) is 24.3 Å². The van der Waals surface area contributed by atoms with Crippen molar-refractivity contribution in [3.8, 4) is 0 Å². The molecule has 3 rings (SSSR count). The van der Waals surface area contributed by atoms with Crippen molar-refractivity contribution in [3.05, 3.63) is 24.3 Å². The maximum absolute atomic E-state index is 12.1. The molecule has 138 valence electrons. The summed E-state index contributed by atoms with van der Waals surface area (Å²) in [4.78, 5) is 23.9. The Morgan fingerprint density at radius 1 is 1.40 bits per heavy atom. The fraction of sp³-hybridized carbons (Fsp3) is 0.700. The maximum atomic E-state index is 12.1. The second kappa shape index (κ2) is 6.27. The van der Waals surface area contributed by atoms with Gasteiger partial charge in [0.25, 0.3) is 0 Å². The van der Waals surface area contributed by atoms with Gasteiger partial charge in [-0.3, -0.25) is 4.79 Å². The summed E-state index contributed by atoms with van der Waals surface area (Å²) in [5.41, 5.74) is 0.924. The molecule has 3 fully saturated rings. The molecule has 0 radical (unpaired) electrons. The lowest BCUT2D eigenvalue weighted by molar-refractivity contribution is -0.161. The molecule has 0 aromatic heterocycles. The van der Waals surface area contributed by atoms with Crippen molar-refractivity contribution < 1.29 is 24.2 Å². The Labute approximate surface area is 149 Å². The quantitative estimate of drug-likeness (QED) is 0.482. The average Bonchev–Trinajstić information content (AvgIpc) is 2.77. The molecule has 5 nitrogen and oxygen atoms in total. The monoisotopic (exact) mass is 348 g/mol. The summed E-state index contributed by atoms with van der Waals surface area (Å²) in [5, 5.41) is 10.8. The van der Waals surface area contributed by atoms with Crippen molar-refractivity contribution in [2.75, 3.05) is 0 Å². The highest BCUT2D eigenvalue weighted by Gasteiger charge is 2.58. The molecule has 2 aliphatic carbocycles. The van der Waals surface area contributed by atoms with Crippen LogP contribution in [0.4, 0.5) is 0 Å². The van der Waals surface area contributed by atoms with E-state index in [1.54, 1.807) is 0 Å². The molecule has 6 unspecified atom stereocenters. The molecule has 1 saturated heterocycles. The minimum atomic E-state index is -0.631. The van der Waals surface area contributed by atoms with Gasteiger partial charge in [0.2, 0.25) is 0 Å².